The minimum absolute atomic E-state index is 0.275. The first-order valence-electron chi connectivity index (χ1n) is 43.2. The Morgan fingerprint density at radius 1 is 0.157 bits per heavy atom. The van der Waals surface area contributed by atoms with Crippen LogP contribution >= 0.6 is 0 Å². The molecule has 0 fully saturated rings. The fourth-order valence-electron chi connectivity index (χ4n) is 19.4. The number of aromatic nitrogens is 10. The first-order chi connectivity index (χ1) is 62.7. The highest BCUT2D eigenvalue weighted by Gasteiger charge is 2.37. The van der Waals surface area contributed by atoms with Crippen LogP contribution in [0.25, 0.3) is 223 Å². The van der Waals surface area contributed by atoms with Gasteiger partial charge in [-0.1, -0.05) is 311 Å². The molecule has 0 aliphatic heterocycles. The first-order valence-corrected chi connectivity index (χ1v) is 43.2. The molecule has 0 bridgehead atoms. The maximum absolute atomic E-state index is 5.06. The molecule has 1 aliphatic carbocycles. The lowest BCUT2D eigenvalue weighted by Gasteiger charge is -2.23. The van der Waals surface area contributed by atoms with Gasteiger partial charge in [0, 0.05) is 105 Å². The number of rotatable bonds is 13. The van der Waals surface area contributed by atoms with Crippen LogP contribution < -0.4 is 0 Å². The summed E-state index contributed by atoms with van der Waals surface area (Å²) in [5, 5.41) is 9.89. The van der Waals surface area contributed by atoms with Gasteiger partial charge in [-0.2, -0.15) is 0 Å². The molecule has 10 nitrogen and oxygen atoms in total. The molecule has 0 spiro atoms. The normalized spacial score (nSPS) is 12.2. The Hall–Kier alpha value is -16.8. The Balaban J connectivity index is 0.000000142. The van der Waals surface area contributed by atoms with Crippen LogP contribution in [0.2, 0.25) is 0 Å². The third kappa shape index (κ3) is 12.8. The van der Waals surface area contributed by atoms with Crippen LogP contribution in [-0.2, 0) is 5.41 Å². The molecule has 0 atom stereocenters. The Bertz CT molecular complexity index is 8370. The zero-order valence-corrected chi connectivity index (χ0v) is 69.5. The van der Waals surface area contributed by atoms with E-state index >= 15 is 0 Å². The van der Waals surface area contributed by atoms with E-state index in [2.05, 4.69) is 396 Å². The highest BCUT2D eigenvalue weighted by Crippen LogP contribution is 2.52. The fourth-order valence-corrected chi connectivity index (χ4v) is 19.4. The summed E-state index contributed by atoms with van der Waals surface area (Å²) in [6, 6.07) is 156. The minimum atomic E-state index is -0.275. The van der Waals surface area contributed by atoms with Crippen LogP contribution in [0.3, 0.4) is 0 Å². The van der Waals surface area contributed by atoms with Crippen LogP contribution in [0.1, 0.15) is 25.0 Å². The number of fused-ring (bicyclic) bond motifs is 15. The third-order valence-electron chi connectivity index (χ3n) is 25.6. The maximum atomic E-state index is 5.06. The van der Waals surface area contributed by atoms with E-state index in [9.17, 15) is 0 Å². The number of hydrogen-bond donors (Lipinski definition) is 0. The second-order valence-electron chi connectivity index (χ2n) is 33.3. The molecule has 10 heteroatoms. The molecule has 6 aromatic heterocycles. The monoisotopic (exact) mass is 1620 g/mol. The molecule has 0 radical (unpaired) electrons. The number of benzene rings is 18. The van der Waals surface area contributed by atoms with E-state index in [0.717, 1.165) is 67.0 Å². The summed E-state index contributed by atoms with van der Waals surface area (Å²) in [5.41, 5.74) is 31.6. The number of nitrogens with zero attached hydrogens (tertiary/aromatic N) is 10. The summed E-state index contributed by atoms with van der Waals surface area (Å²) in [6.45, 7) is 4.69. The van der Waals surface area contributed by atoms with Crippen LogP contribution in [0.5, 0.6) is 0 Å². The fraction of sp³-hybridized carbons (Fsp3) is 0.0256. The number of hydrogen-bond acceptors (Lipinski definition) is 6. The zero-order valence-electron chi connectivity index (χ0n) is 69.5. The van der Waals surface area contributed by atoms with Gasteiger partial charge in [-0.15, -0.1) is 0 Å². The topological polar surface area (TPSA) is 97.1 Å². The number of para-hydroxylation sites is 6. The molecule has 0 saturated carbocycles. The van der Waals surface area contributed by atoms with Gasteiger partial charge >= 0.3 is 0 Å². The van der Waals surface area contributed by atoms with Crippen molar-refractivity contribution >= 4 is 87.2 Å². The second-order valence-corrected chi connectivity index (χ2v) is 33.3. The zero-order chi connectivity index (χ0) is 84.2. The summed E-state index contributed by atoms with van der Waals surface area (Å²) < 4.78 is 9.54. The molecule has 127 heavy (non-hydrogen) atoms. The van der Waals surface area contributed by atoms with E-state index < -0.39 is 0 Å². The predicted molar refractivity (Wildman–Crippen MR) is 523 cm³/mol. The van der Waals surface area contributed by atoms with Gasteiger partial charge in [0.15, 0.2) is 34.9 Å². The molecule has 0 unspecified atom stereocenters. The van der Waals surface area contributed by atoms with E-state index in [4.69, 9.17) is 29.9 Å². The van der Waals surface area contributed by atoms with Crippen molar-refractivity contribution in [3.8, 4) is 136 Å². The lowest BCUT2D eigenvalue weighted by Crippen LogP contribution is -2.15. The van der Waals surface area contributed by atoms with Crippen LogP contribution in [0.4, 0.5) is 0 Å². The van der Waals surface area contributed by atoms with Gasteiger partial charge in [0.2, 0.25) is 0 Å². The van der Waals surface area contributed by atoms with Crippen molar-refractivity contribution < 1.29 is 0 Å². The highest BCUT2D eigenvalue weighted by atomic mass is 15.1. The predicted octanol–water partition coefficient (Wildman–Crippen LogP) is 29.4. The van der Waals surface area contributed by atoms with Crippen LogP contribution in [0, 0.1) is 0 Å². The van der Waals surface area contributed by atoms with Gasteiger partial charge in [-0.25, -0.2) is 29.9 Å². The largest absolute Gasteiger partial charge is 0.309 e. The molecule has 596 valence electrons. The van der Waals surface area contributed by atoms with Crippen molar-refractivity contribution in [1.82, 2.24) is 48.2 Å². The molecule has 25 rings (SSSR count). The van der Waals surface area contributed by atoms with Crippen molar-refractivity contribution in [2.24, 2.45) is 0 Å². The SMILES string of the molecule is CC1(C)c2cc(-c3nc(-c4ccccc4)nc(-c4ccccc4)n3)ccc2-c2ccc(-n3c4ccccc4c4cc(-c5ccc6c(c5)c5ccccc5n6-c5ccccc5)ccc43)cc21.c1ccc(-c2ccc(-c3nc(-c4ccccc4)nc(-c4ccc(-n5c6ccccc6c6cc(-c7ccc8c(c7)c7ccccc7n8-c7ccccc7)ccc65)cc4)n3)cc2)cc1. The summed E-state index contributed by atoms with van der Waals surface area (Å²) in [5.74, 6) is 3.89. The van der Waals surface area contributed by atoms with Gasteiger partial charge in [-0.05, 0) is 195 Å². The highest BCUT2D eigenvalue weighted by molar-refractivity contribution is 6.15. The van der Waals surface area contributed by atoms with Crippen molar-refractivity contribution in [3.05, 3.63) is 448 Å². The molecule has 0 saturated heterocycles. The average Bonchev–Trinajstić information content (AvgIpc) is 1.56. The van der Waals surface area contributed by atoms with E-state index in [-0.39, 0.29) is 5.41 Å². The molecule has 0 N–H and O–H groups in total. The smallest absolute Gasteiger partial charge is 0.164 e. The Morgan fingerprint density at radius 3 is 0.732 bits per heavy atom. The van der Waals surface area contributed by atoms with Crippen molar-refractivity contribution in [2.45, 2.75) is 19.3 Å². The van der Waals surface area contributed by atoms with Gasteiger partial charge < -0.3 is 18.3 Å². The molecule has 1 aliphatic rings. The molecule has 0 amide bonds. The summed E-state index contributed by atoms with van der Waals surface area (Å²) in [7, 11) is 0. The van der Waals surface area contributed by atoms with Gasteiger partial charge in [0.1, 0.15) is 0 Å². The molecule has 24 aromatic rings. The Labute approximate surface area is 733 Å². The van der Waals surface area contributed by atoms with Crippen molar-refractivity contribution in [1.29, 1.82) is 0 Å². The summed E-state index contributed by atoms with van der Waals surface area (Å²) >= 11 is 0. The standard InChI is InChI=1S/C60H41N5.C57H37N5/c1-60(2)51-36-42(59-62-57(38-16-6-3-7-17-38)61-58(63-59)39-18-8-4-9-19-39)26-30-45(51)46-31-29-44(37-52(46)60)65-54-25-15-13-23-48(54)50-35-41(28-33-56(50)65)40-27-32-55-49(34-40)47-22-12-14-24-53(47)64(55)43-20-10-5-11-21-43;1-4-14-38(15-5-1)39-24-26-41(27-25-39)56-58-55(40-16-6-2-7-17-40)59-57(60-56)42-28-32-46(33-29-42)62-52-23-13-11-21-48(52)50-37-44(31-35-54(50)62)43-30-34-53-49(36-43)47-20-10-12-22-51(47)61(53)45-18-8-3-9-19-45/h3-37H,1-2H3;1-37H. The van der Waals surface area contributed by atoms with Gasteiger partial charge in [0.25, 0.3) is 0 Å². The maximum Gasteiger partial charge on any atom is 0.164 e. The van der Waals surface area contributed by atoms with Gasteiger partial charge in [0.05, 0.1) is 44.1 Å². The molecule has 18 aromatic carbocycles. The minimum Gasteiger partial charge on any atom is -0.309 e. The first kappa shape index (κ1) is 74.0. The summed E-state index contributed by atoms with van der Waals surface area (Å²) in [4.78, 5) is 30.1. The third-order valence-corrected chi connectivity index (χ3v) is 25.6. The van der Waals surface area contributed by atoms with Crippen LogP contribution in [0.15, 0.2) is 437 Å². The molecule has 6 heterocycles. The van der Waals surface area contributed by atoms with E-state index in [0.29, 0.717) is 34.9 Å². The lowest BCUT2D eigenvalue weighted by molar-refractivity contribution is 0.660. The van der Waals surface area contributed by atoms with E-state index in [1.54, 1.807) is 0 Å². The van der Waals surface area contributed by atoms with Gasteiger partial charge in [-0.3, -0.25) is 0 Å². The Kier molecular flexibility index (Phi) is 17.7. The quantitative estimate of drug-likeness (QED) is 0.114. The molecular formula is C117H78N10. The summed E-state index contributed by atoms with van der Waals surface area (Å²) in [6.07, 6.45) is 0. The average molecular weight is 1620 g/mol. The van der Waals surface area contributed by atoms with Crippen molar-refractivity contribution in [3.63, 3.8) is 0 Å². The van der Waals surface area contributed by atoms with E-state index in [1.807, 2.05) is 72.8 Å². The second kappa shape index (κ2) is 30.4. The molecular weight excluding hydrogens is 1550 g/mol. The van der Waals surface area contributed by atoms with Crippen LogP contribution in [-0.4, -0.2) is 48.2 Å². The Morgan fingerprint density at radius 2 is 0.378 bits per heavy atom. The van der Waals surface area contributed by atoms with E-state index in [1.165, 1.54) is 132 Å². The van der Waals surface area contributed by atoms with Crippen molar-refractivity contribution in [2.75, 3.05) is 0 Å². The lowest BCUT2D eigenvalue weighted by atomic mass is 9.82.